The van der Waals surface area contributed by atoms with E-state index in [2.05, 4.69) is 10.6 Å². The molecule has 252 valence electrons. The van der Waals surface area contributed by atoms with Crippen molar-refractivity contribution < 1.29 is 28.7 Å². The summed E-state index contributed by atoms with van der Waals surface area (Å²) >= 11 is 0. The number of hydrogen-bond donors (Lipinski definition) is 2. The molecule has 2 saturated heterocycles. The van der Waals surface area contributed by atoms with Gasteiger partial charge in [0.15, 0.2) is 0 Å². The summed E-state index contributed by atoms with van der Waals surface area (Å²) in [6.45, 7) is 4.21. The third kappa shape index (κ3) is 6.73. The van der Waals surface area contributed by atoms with E-state index < -0.39 is 12.1 Å². The Bertz CT molecular complexity index is 1430. The second-order valence-electron chi connectivity index (χ2n) is 12.9. The minimum absolute atomic E-state index is 0.0442. The Hall–Kier alpha value is -3.64. The SMILES string of the molecule is CN[C@@H](C)C(=O)N[C@H](C(=O)N1CCN(C(=O)c2c(C(=O)N3CCC[C@@H]3COC)c3ccc(OC)cc3n2C)CC1)C1CCCCC1. The number of amides is 4. The summed E-state index contributed by atoms with van der Waals surface area (Å²) < 4.78 is 12.7. The first-order valence-electron chi connectivity index (χ1n) is 16.7. The van der Waals surface area contributed by atoms with Gasteiger partial charge >= 0.3 is 0 Å². The van der Waals surface area contributed by atoms with Crippen molar-refractivity contribution >= 4 is 34.5 Å². The lowest BCUT2D eigenvalue weighted by Gasteiger charge is -2.39. The van der Waals surface area contributed by atoms with E-state index in [0.29, 0.717) is 61.7 Å². The van der Waals surface area contributed by atoms with Crippen LogP contribution in [0.25, 0.3) is 10.9 Å². The average molecular weight is 639 g/mol. The molecule has 3 aliphatic rings. The quantitative estimate of drug-likeness (QED) is 0.410. The lowest BCUT2D eigenvalue weighted by atomic mass is 9.83. The van der Waals surface area contributed by atoms with E-state index in [1.165, 1.54) is 0 Å². The summed E-state index contributed by atoms with van der Waals surface area (Å²) in [6, 6.07) is 4.49. The molecule has 2 N–H and O–H groups in total. The van der Waals surface area contributed by atoms with Gasteiger partial charge in [0.2, 0.25) is 11.8 Å². The number of carbonyl (C=O) groups excluding carboxylic acids is 4. The Morgan fingerprint density at radius 3 is 2.26 bits per heavy atom. The monoisotopic (exact) mass is 638 g/mol. The molecule has 0 unspecified atom stereocenters. The van der Waals surface area contributed by atoms with Gasteiger partial charge in [-0.25, -0.2) is 0 Å². The number of hydrogen-bond acceptors (Lipinski definition) is 7. The number of ether oxygens (including phenoxy) is 2. The summed E-state index contributed by atoms with van der Waals surface area (Å²) in [6.07, 6.45) is 6.81. The second kappa shape index (κ2) is 14.8. The molecule has 1 aliphatic carbocycles. The molecule has 0 spiro atoms. The number of benzene rings is 1. The molecule has 0 bridgehead atoms. The number of fused-ring (bicyclic) bond motifs is 1. The standard InChI is InChI=1S/C34H50N6O6/c1-22(35-2)31(41)36-29(23-10-7-6-8-11-23)33(43)38-16-18-39(19-17-38)34(44)30-28(32(42)40-15-9-12-24(40)21-45-4)26-14-13-25(46-5)20-27(26)37(30)3/h13-14,20,22-24,29,35H,6-12,15-19,21H2,1-5H3,(H,36,41)/t22-,24+,29-/m0/s1. The van der Waals surface area contributed by atoms with E-state index in [1.54, 1.807) is 42.6 Å². The Labute approximate surface area is 271 Å². The molecular weight excluding hydrogens is 588 g/mol. The van der Waals surface area contributed by atoms with Crippen LogP contribution in [0, 0.1) is 5.92 Å². The molecule has 3 fully saturated rings. The van der Waals surface area contributed by atoms with E-state index in [1.807, 2.05) is 30.1 Å². The van der Waals surface area contributed by atoms with Crippen molar-refractivity contribution in [2.75, 3.05) is 60.6 Å². The summed E-state index contributed by atoms with van der Waals surface area (Å²) in [5.74, 6) is 0.0603. The minimum Gasteiger partial charge on any atom is -0.497 e. The van der Waals surface area contributed by atoms with Crippen LogP contribution in [0.1, 0.15) is 72.7 Å². The predicted molar refractivity (Wildman–Crippen MR) is 175 cm³/mol. The van der Waals surface area contributed by atoms with Crippen molar-refractivity contribution in [1.29, 1.82) is 0 Å². The highest BCUT2D eigenvalue weighted by atomic mass is 16.5. The largest absolute Gasteiger partial charge is 0.497 e. The van der Waals surface area contributed by atoms with Crippen molar-refractivity contribution in [3.63, 3.8) is 0 Å². The number of likely N-dealkylation sites (tertiary alicyclic amines) is 1. The topological polar surface area (TPSA) is 125 Å². The Morgan fingerprint density at radius 2 is 1.61 bits per heavy atom. The van der Waals surface area contributed by atoms with Crippen LogP contribution in [0.4, 0.5) is 0 Å². The van der Waals surface area contributed by atoms with Crippen molar-refractivity contribution in [3.8, 4) is 5.75 Å². The van der Waals surface area contributed by atoms with E-state index in [4.69, 9.17) is 9.47 Å². The molecule has 46 heavy (non-hydrogen) atoms. The normalized spacial score (nSPS) is 20.5. The zero-order valence-electron chi connectivity index (χ0n) is 28.0. The number of methoxy groups -OCH3 is 2. The van der Waals surface area contributed by atoms with E-state index in [0.717, 1.165) is 50.5 Å². The fourth-order valence-electron chi connectivity index (χ4n) is 7.36. The van der Waals surface area contributed by atoms with E-state index in [-0.39, 0.29) is 35.6 Å². The summed E-state index contributed by atoms with van der Waals surface area (Å²) in [4.78, 5) is 60.6. The summed E-state index contributed by atoms with van der Waals surface area (Å²) in [5.41, 5.74) is 1.47. The van der Waals surface area contributed by atoms with E-state index >= 15 is 0 Å². The maximum Gasteiger partial charge on any atom is 0.271 e. The van der Waals surface area contributed by atoms with Crippen LogP contribution in [0.5, 0.6) is 5.75 Å². The van der Waals surface area contributed by atoms with Gasteiger partial charge in [-0.2, -0.15) is 0 Å². The molecule has 0 radical (unpaired) electrons. The number of nitrogens with zero attached hydrogens (tertiary/aromatic N) is 4. The van der Waals surface area contributed by atoms with E-state index in [9.17, 15) is 19.2 Å². The second-order valence-corrected chi connectivity index (χ2v) is 12.9. The van der Waals surface area contributed by atoms with Gasteiger partial charge < -0.3 is 39.4 Å². The summed E-state index contributed by atoms with van der Waals surface area (Å²) in [5, 5.41) is 6.71. The Balaban J connectivity index is 1.38. The Morgan fingerprint density at radius 1 is 0.913 bits per heavy atom. The van der Waals surface area contributed by atoms with Gasteiger partial charge in [0.1, 0.15) is 17.5 Å². The average Bonchev–Trinajstić information content (AvgIpc) is 3.68. The molecule has 2 aromatic rings. The first-order valence-corrected chi connectivity index (χ1v) is 16.7. The predicted octanol–water partition coefficient (Wildman–Crippen LogP) is 2.40. The maximum atomic E-state index is 14.3. The van der Waals surface area contributed by atoms with Crippen molar-refractivity contribution in [3.05, 3.63) is 29.5 Å². The number of likely N-dealkylation sites (N-methyl/N-ethyl adjacent to an activating group) is 1. The molecule has 1 aromatic heterocycles. The third-order valence-electron chi connectivity index (χ3n) is 10.2. The zero-order valence-corrected chi connectivity index (χ0v) is 28.0. The number of piperazine rings is 1. The van der Waals surface area contributed by atoms with Crippen LogP contribution in [-0.4, -0.2) is 122 Å². The van der Waals surface area contributed by atoms with Crippen LogP contribution in [0.3, 0.4) is 0 Å². The highest BCUT2D eigenvalue weighted by Crippen LogP contribution is 2.33. The first-order chi connectivity index (χ1) is 22.2. The van der Waals surface area contributed by atoms with Crippen LogP contribution >= 0.6 is 0 Å². The third-order valence-corrected chi connectivity index (χ3v) is 10.2. The molecule has 5 rings (SSSR count). The van der Waals surface area contributed by atoms with Gasteiger partial charge in [0, 0.05) is 58.3 Å². The lowest BCUT2D eigenvalue weighted by Crippen LogP contribution is -2.59. The molecule has 1 aromatic carbocycles. The fraction of sp³-hybridized carbons (Fsp3) is 0.647. The smallest absolute Gasteiger partial charge is 0.271 e. The van der Waals surface area contributed by atoms with Crippen LogP contribution < -0.4 is 15.4 Å². The highest BCUT2D eigenvalue weighted by Gasteiger charge is 2.39. The first kappa shape index (κ1) is 33.7. The maximum absolute atomic E-state index is 14.3. The Kier molecular flexibility index (Phi) is 10.9. The number of carbonyl (C=O) groups is 4. The van der Waals surface area contributed by atoms with Gasteiger partial charge in [-0.05, 0) is 57.7 Å². The van der Waals surface area contributed by atoms with Crippen molar-refractivity contribution in [2.24, 2.45) is 13.0 Å². The number of aryl methyl sites for hydroxylation is 1. The fourth-order valence-corrected chi connectivity index (χ4v) is 7.36. The molecule has 3 heterocycles. The number of rotatable bonds is 10. The number of aromatic nitrogens is 1. The molecule has 3 atom stereocenters. The molecule has 2 aliphatic heterocycles. The summed E-state index contributed by atoms with van der Waals surface area (Å²) in [7, 11) is 6.77. The minimum atomic E-state index is -0.580. The van der Waals surface area contributed by atoms with Gasteiger partial charge in [0.05, 0.1) is 36.9 Å². The highest BCUT2D eigenvalue weighted by molar-refractivity contribution is 6.16. The van der Waals surface area contributed by atoms with Gasteiger partial charge in [-0.1, -0.05) is 19.3 Å². The van der Waals surface area contributed by atoms with Gasteiger partial charge in [-0.15, -0.1) is 0 Å². The lowest BCUT2D eigenvalue weighted by molar-refractivity contribution is -0.140. The molecule has 12 nitrogen and oxygen atoms in total. The molecule has 4 amide bonds. The zero-order chi connectivity index (χ0) is 33.0. The van der Waals surface area contributed by atoms with Crippen molar-refractivity contribution in [1.82, 2.24) is 29.9 Å². The van der Waals surface area contributed by atoms with Crippen LogP contribution in [0.2, 0.25) is 0 Å². The molecule has 1 saturated carbocycles. The number of nitrogens with one attached hydrogen (secondary N) is 2. The van der Waals surface area contributed by atoms with Gasteiger partial charge in [0.25, 0.3) is 11.8 Å². The molecule has 12 heteroatoms. The van der Waals surface area contributed by atoms with Crippen molar-refractivity contribution in [2.45, 2.75) is 70.0 Å². The van der Waals surface area contributed by atoms with Crippen LogP contribution in [-0.2, 0) is 21.4 Å². The van der Waals surface area contributed by atoms with Crippen LogP contribution in [0.15, 0.2) is 18.2 Å². The van der Waals surface area contributed by atoms with Gasteiger partial charge in [-0.3, -0.25) is 19.2 Å². The molecular formula is C34H50N6O6.